The Kier molecular flexibility index (Phi) is 4.33. The molecule has 1 saturated heterocycles. The van der Waals surface area contributed by atoms with Gasteiger partial charge in [0.15, 0.2) is 0 Å². The summed E-state index contributed by atoms with van der Waals surface area (Å²) in [6.45, 7) is 7.07. The highest BCUT2D eigenvalue weighted by molar-refractivity contribution is 9.10. The van der Waals surface area contributed by atoms with E-state index in [1.165, 1.54) is 24.9 Å². The molecule has 1 aromatic rings. The van der Waals surface area contributed by atoms with Crippen LogP contribution in [0.2, 0.25) is 0 Å². The Bertz CT molecular complexity index is 417. The van der Waals surface area contributed by atoms with Gasteiger partial charge < -0.3 is 10.0 Å². The number of hydrogen-bond donors (Lipinski definition) is 1. The highest BCUT2D eigenvalue weighted by atomic mass is 79.9. The molecule has 0 spiro atoms. The quantitative estimate of drug-likeness (QED) is 0.893. The predicted molar refractivity (Wildman–Crippen MR) is 79.9 cm³/mol. The lowest BCUT2D eigenvalue weighted by Crippen LogP contribution is -2.25. The molecule has 2 nitrogen and oxygen atoms in total. The molecule has 1 N–H and O–H groups in total. The van der Waals surface area contributed by atoms with Crippen molar-refractivity contribution in [1.29, 1.82) is 0 Å². The standard InChI is InChI=1S/C15H22BrNO/c1-15(2)6-3-8-17(9-7-15)14-5-4-12(11-18)10-13(14)16/h4-5,10,18H,3,6-9,11H2,1-2H3. The molecule has 0 aromatic heterocycles. The van der Waals surface area contributed by atoms with E-state index in [9.17, 15) is 0 Å². The Labute approximate surface area is 118 Å². The summed E-state index contributed by atoms with van der Waals surface area (Å²) in [6, 6.07) is 6.15. The number of nitrogens with zero attached hydrogens (tertiary/aromatic N) is 1. The third kappa shape index (κ3) is 3.27. The summed E-state index contributed by atoms with van der Waals surface area (Å²) in [6.07, 6.45) is 3.79. The van der Waals surface area contributed by atoms with Crippen molar-refractivity contribution in [1.82, 2.24) is 0 Å². The van der Waals surface area contributed by atoms with Crippen LogP contribution < -0.4 is 4.90 Å². The molecule has 0 amide bonds. The Morgan fingerprint density at radius 3 is 2.72 bits per heavy atom. The minimum absolute atomic E-state index is 0.103. The lowest BCUT2D eigenvalue weighted by Gasteiger charge is -2.26. The van der Waals surface area contributed by atoms with Gasteiger partial charge in [0.2, 0.25) is 0 Å². The van der Waals surface area contributed by atoms with Gasteiger partial charge in [0.1, 0.15) is 0 Å². The molecule has 1 aliphatic rings. The number of hydrogen-bond acceptors (Lipinski definition) is 2. The van der Waals surface area contributed by atoms with E-state index in [2.05, 4.69) is 40.7 Å². The Morgan fingerprint density at radius 1 is 1.28 bits per heavy atom. The van der Waals surface area contributed by atoms with Crippen LogP contribution in [0.15, 0.2) is 22.7 Å². The second-order valence-electron chi connectivity index (χ2n) is 5.95. The average molecular weight is 312 g/mol. The van der Waals surface area contributed by atoms with Crippen molar-refractivity contribution >= 4 is 21.6 Å². The monoisotopic (exact) mass is 311 g/mol. The minimum atomic E-state index is 0.103. The van der Waals surface area contributed by atoms with E-state index in [0.29, 0.717) is 5.41 Å². The fourth-order valence-electron chi connectivity index (χ4n) is 2.57. The van der Waals surface area contributed by atoms with Gasteiger partial charge in [-0.05, 0) is 58.3 Å². The van der Waals surface area contributed by atoms with Gasteiger partial charge in [-0.15, -0.1) is 0 Å². The maximum absolute atomic E-state index is 9.14. The molecular formula is C15H22BrNO. The molecule has 100 valence electrons. The van der Waals surface area contributed by atoms with Crippen molar-refractivity contribution in [3.63, 3.8) is 0 Å². The molecule has 0 saturated carbocycles. The molecule has 18 heavy (non-hydrogen) atoms. The maximum Gasteiger partial charge on any atom is 0.0682 e. The number of benzene rings is 1. The first-order valence-electron chi connectivity index (χ1n) is 6.66. The third-order valence-corrected chi connectivity index (χ3v) is 4.51. The molecule has 1 aromatic carbocycles. The Balaban J connectivity index is 2.16. The summed E-state index contributed by atoms with van der Waals surface area (Å²) < 4.78 is 1.09. The van der Waals surface area contributed by atoms with E-state index in [4.69, 9.17) is 5.11 Å². The zero-order valence-electron chi connectivity index (χ0n) is 11.2. The van der Waals surface area contributed by atoms with Crippen molar-refractivity contribution in [3.8, 4) is 0 Å². The van der Waals surface area contributed by atoms with Crippen LogP contribution in [0.5, 0.6) is 0 Å². The zero-order chi connectivity index (χ0) is 13.2. The molecule has 0 aliphatic carbocycles. The second-order valence-corrected chi connectivity index (χ2v) is 6.80. The van der Waals surface area contributed by atoms with E-state index in [0.717, 1.165) is 23.1 Å². The smallest absolute Gasteiger partial charge is 0.0682 e. The summed E-state index contributed by atoms with van der Waals surface area (Å²) in [5.41, 5.74) is 2.68. The third-order valence-electron chi connectivity index (χ3n) is 3.88. The molecule has 3 heteroatoms. The van der Waals surface area contributed by atoms with Gasteiger partial charge in [-0.3, -0.25) is 0 Å². The van der Waals surface area contributed by atoms with Gasteiger partial charge in [0.25, 0.3) is 0 Å². The van der Waals surface area contributed by atoms with Crippen molar-refractivity contribution < 1.29 is 5.11 Å². The highest BCUT2D eigenvalue weighted by Gasteiger charge is 2.23. The normalized spacial score (nSPS) is 19.7. The van der Waals surface area contributed by atoms with Gasteiger partial charge >= 0.3 is 0 Å². The molecule has 1 aliphatic heterocycles. The van der Waals surface area contributed by atoms with E-state index in [1.54, 1.807) is 0 Å². The lowest BCUT2D eigenvalue weighted by atomic mass is 9.85. The van der Waals surface area contributed by atoms with Gasteiger partial charge in [-0.25, -0.2) is 0 Å². The van der Waals surface area contributed by atoms with Crippen LogP contribution in [0.3, 0.4) is 0 Å². The van der Waals surface area contributed by atoms with Gasteiger partial charge in [0.05, 0.1) is 12.3 Å². The lowest BCUT2D eigenvalue weighted by molar-refractivity contribution is 0.282. The number of anilines is 1. The van der Waals surface area contributed by atoms with E-state index in [1.807, 2.05) is 12.1 Å². The number of aliphatic hydroxyl groups is 1. The number of aliphatic hydroxyl groups excluding tert-OH is 1. The van der Waals surface area contributed by atoms with Crippen molar-refractivity contribution in [2.45, 2.75) is 39.7 Å². The van der Waals surface area contributed by atoms with Crippen molar-refractivity contribution in [3.05, 3.63) is 28.2 Å². The molecule has 2 rings (SSSR count). The summed E-state index contributed by atoms with van der Waals surface area (Å²) in [7, 11) is 0. The largest absolute Gasteiger partial charge is 0.392 e. The summed E-state index contributed by atoms with van der Waals surface area (Å²) in [4.78, 5) is 2.46. The molecule has 0 unspecified atom stereocenters. The maximum atomic E-state index is 9.14. The number of halogens is 1. The highest BCUT2D eigenvalue weighted by Crippen LogP contribution is 2.34. The van der Waals surface area contributed by atoms with Gasteiger partial charge in [-0.2, -0.15) is 0 Å². The van der Waals surface area contributed by atoms with Crippen LogP contribution in [-0.4, -0.2) is 18.2 Å². The van der Waals surface area contributed by atoms with Crippen LogP contribution in [-0.2, 0) is 6.61 Å². The first kappa shape index (κ1) is 13.9. The van der Waals surface area contributed by atoms with Crippen LogP contribution in [0, 0.1) is 5.41 Å². The van der Waals surface area contributed by atoms with E-state index >= 15 is 0 Å². The van der Waals surface area contributed by atoms with Crippen LogP contribution in [0.25, 0.3) is 0 Å². The fraction of sp³-hybridized carbons (Fsp3) is 0.600. The first-order valence-corrected chi connectivity index (χ1v) is 7.45. The second kappa shape index (κ2) is 5.62. The molecular weight excluding hydrogens is 290 g/mol. The van der Waals surface area contributed by atoms with Crippen molar-refractivity contribution in [2.75, 3.05) is 18.0 Å². The van der Waals surface area contributed by atoms with Crippen LogP contribution in [0.4, 0.5) is 5.69 Å². The van der Waals surface area contributed by atoms with E-state index < -0.39 is 0 Å². The zero-order valence-corrected chi connectivity index (χ0v) is 12.8. The SMILES string of the molecule is CC1(C)CCCN(c2ccc(CO)cc2Br)CC1. The molecule has 0 radical (unpaired) electrons. The van der Waals surface area contributed by atoms with Crippen molar-refractivity contribution in [2.24, 2.45) is 5.41 Å². The molecule has 0 atom stereocenters. The topological polar surface area (TPSA) is 23.5 Å². The average Bonchev–Trinajstić information content (AvgIpc) is 2.50. The molecule has 1 heterocycles. The predicted octanol–water partition coefficient (Wildman–Crippen LogP) is 3.96. The fourth-order valence-corrected chi connectivity index (χ4v) is 3.25. The van der Waals surface area contributed by atoms with Crippen LogP contribution in [0.1, 0.15) is 38.7 Å². The Morgan fingerprint density at radius 2 is 2.06 bits per heavy atom. The molecule has 0 bridgehead atoms. The summed E-state index contributed by atoms with van der Waals surface area (Å²) >= 11 is 3.62. The minimum Gasteiger partial charge on any atom is -0.392 e. The van der Waals surface area contributed by atoms with Crippen LogP contribution >= 0.6 is 15.9 Å². The summed E-state index contributed by atoms with van der Waals surface area (Å²) in [5.74, 6) is 0. The van der Waals surface area contributed by atoms with Gasteiger partial charge in [0, 0.05) is 17.6 Å². The Hall–Kier alpha value is -0.540. The summed E-state index contributed by atoms with van der Waals surface area (Å²) in [5, 5.41) is 9.14. The molecule has 1 fully saturated rings. The van der Waals surface area contributed by atoms with E-state index in [-0.39, 0.29) is 6.61 Å². The van der Waals surface area contributed by atoms with Gasteiger partial charge in [-0.1, -0.05) is 19.9 Å². The first-order chi connectivity index (χ1) is 8.52. The number of rotatable bonds is 2.